The van der Waals surface area contributed by atoms with E-state index >= 15 is 0 Å². The smallest absolute Gasteiger partial charge is 0.0205 e. The Kier molecular flexibility index (Phi) is 4.88. The molecule has 2 aliphatic carbocycles. The molecule has 0 nitrogen and oxygen atoms in total. The highest BCUT2D eigenvalue weighted by molar-refractivity contribution is 4.99. The van der Waals surface area contributed by atoms with Crippen molar-refractivity contribution < 1.29 is 0 Å². The van der Waals surface area contributed by atoms with Crippen molar-refractivity contribution in [1.82, 2.24) is 0 Å². The zero-order valence-corrected chi connectivity index (χ0v) is 11.4. The molecule has 0 saturated heterocycles. The number of hydrogen-bond donors (Lipinski definition) is 0. The molecule has 0 radical (unpaired) electrons. The molecule has 2 atom stereocenters. The van der Waals surface area contributed by atoms with Crippen molar-refractivity contribution in [1.29, 1.82) is 0 Å². The van der Waals surface area contributed by atoms with Gasteiger partial charge in [0.2, 0.25) is 0 Å². The van der Waals surface area contributed by atoms with Crippen LogP contribution < -0.4 is 0 Å². The summed E-state index contributed by atoms with van der Waals surface area (Å²) in [6.45, 7) is 6.18. The van der Waals surface area contributed by atoms with Crippen LogP contribution in [0.1, 0.15) is 58.3 Å². The van der Waals surface area contributed by atoms with Gasteiger partial charge in [0.1, 0.15) is 0 Å². The number of rotatable bonds is 4. The Morgan fingerprint density at radius 1 is 1.06 bits per heavy atom. The van der Waals surface area contributed by atoms with Crippen molar-refractivity contribution in [3.8, 4) is 0 Å². The average Bonchev–Trinajstić information content (AvgIpc) is 2.38. The van der Waals surface area contributed by atoms with Crippen LogP contribution in [0.4, 0.5) is 0 Å². The highest BCUT2D eigenvalue weighted by Gasteiger charge is 2.27. The minimum atomic E-state index is 0.829. The van der Waals surface area contributed by atoms with E-state index in [-0.39, 0.29) is 0 Å². The SMILES string of the molecule is C=CCCC1CCC(C2C=CC(C)CC2)CC1. The van der Waals surface area contributed by atoms with Gasteiger partial charge in [-0.1, -0.05) is 38.0 Å². The summed E-state index contributed by atoms with van der Waals surface area (Å²) < 4.78 is 0. The van der Waals surface area contributed by atoms with Crippen molar-refractivity contribution in [2.45, 2.75) is 58.3 Å². The lowest BCUT2D eigenvalue weighted by molar-refractivity contribution is 0.208. The molecule has 0 amide bonds. The summed E-state index contributed by atoms with van der Waals surface area (Å²) in [7, 11) is 0. The normalized spacial score (nSPS) is 37.9. The largest absolute Gasteiger partial charge is 0.103 e. The van der Waals surface area contributed by atoms with Crippen LogP contribution in [0.2, 0.25) is 0 Å². The zero-order chi connectivity index (χ0) is 12.1. The molecule has 2 aliphatic rings. The molecule has 0 aromatic carbocycles. The minimum Gasteiger partial charge on any atom is -0.103 e. The second-order valence-electron chi connectivity index (χ2n) is 6.25. The first-order valence-electron chi connectivity index (χ1n) is 7.58. The van der Waals surface area contributed by atoms with Crippen molar-refractivity contribution >= 4 is 0 Å². The van der Waals surface area contributed by atoms with Crippen LogP contribution in [0.15, 0.2) is 24.8 Å². The van der Waals surface area contributed by atoms with Gasteiger partial charge < -0.3 is 0 Å². The molecular formula is C17H28. The van der Waals surface area contributed by atoms with Crippen LogP contribution in [0.25, 0.3) is 0 Å². The van der Waals surface area contributed by atoms with Gasteiger partial charge in [0.25, 0.3) is 0 Å². The van der Waals surface area contributed by atoms with Gasteiger partial charge in [-0.2, -0.15) is 0 Å². The molecule has 0 heterocycles. The van der Waals surface area contributed by atoms with Crippen LogP contribution in [-0.2, 0) is 0 Å². The quantitative estimate of drug-likeness (QED) is 0.572. The molecular weight excluding hydrogens is 204 g/mol. The van der Waals surface area contributed by atoms with E-state index in [4.69, 9.17) is 0 Å². The fourth-order valence-corrected chi connectivity index (χ4v) is 3.63. The topological polar surface area (TPSA) is 0 Å². The average molecular weight is 232 g/mol. The Morgan fingerprint density at radius 3 is 2.41 bits per heavy atom. The molecule has 0 spiro atoms. The molecule has 1 fully saturated rings. The van der Waals surface area contributed by atoms with E-state index in [1.807, 2.05) is 0 Å². The van der Waals surface area contributed by atoms with E-state index in [0.29, 0.717) is 0 Å². The van der Waals surface area contributed by atoms with E-state index < -0.39 is 0 Å². The molecule has 0 aromatic heterocycles. The van der Waals surface area contributed by atoms with Gasteiger partial charge in [0, 0.05) is 0 Å². The van der Waals surface area contributed by atoms with E-state index in [9.17, 15) is 0 Å². The first kappa shape index (κ1) is 12.9. The van der Waals surface area contributed by atoms with E-state index in [0.717, 1.165) is 23.7 Å². The lowest BCUT2D eigenvalue weighted by atomic mass is 9.71. The van der Waals surface area contributed by atoms with Gasteiger partial charge in [-0.05, 0) is 62.2 Å². The minimum absolute atomic E-state index is 0.829. The second kappa shape index (κ2) is 6.42. The summed E-state index contributed by atoms with van der Waals surface area (Å²) in [5.41, 5.74) is 0. The van der Waals surface area contributed by atoms with Gasteiger partial charge in [-0.25, -0.2) is 0 Å². The Balaban J connectivity index is 1.75. The fourth-order valence-electron chi connectivity index (χ4n) is 3.63. The maximum Gasteiger partial charge on any atom is -0.0205 e. The van der Waals surface area contributed by atoms with Gasteiger partial charge in [0.05, 0.1) is 0 Å². The maximum atomic E-state index is 3.83. The van der Waals surface area contributed by atoms with Crippen molar-refractivity contribution in [2.75, 3.05) is 0 Å². The molecule has 17 heavy (non-hydrogen) atoms. The van der Waals surface area contributed by atoms with Crippen LogP contribution in [0, 0.1) is 23.7 Å². The third-order valence-electron chi connectivity index (χ3n) is 4.92. The molecule has 1 saturated carbocycles. The van der Waals surface area contributed by atoms with Gasteiger partial charge in [-0.3, -0.25) is 0 Å². The Labute approximate surface area is 107 Å². The summed E-state index contributed by atoms with van der Waals surface area (Å²) in [4.78, 5) is 0. The van der Waals surface area contributed by atoms with E-state index in [1.165, 1.54) is 51.4 Å². The Hall–Kier alpha value is -0.520. The van der Waals surface area contributed by atoms with Gasteiger partial charge in [0.15, 0.2) is 0 Å². The third kappa shape index (κ3) is 3.72. The summed E-state index contributed by atoms with van der Waals surface area (Å²) in [6.07, 6.45) is 18.4. The standard InChI is InChI=1S/C17H28/c1-3-4-5-15-8-12-17(13-9-15)16-10-6-14(2)7-11-16/h3,6,10,14-17H,1,4-5,7-9,11-13H2,2H3. The lowest BCUT2D eigenvalue weighted by Gasteiger charge is -2.34. The third-order valence-corrected chi connectivity index (χ3v) is 4.92. The number of allylic oxidation sites excluding steroid dienone is 3. The predicted octanol–water partition coefficient (Wildman–Crippen LogP) is 5.36. The molecule has 0 aromatic rings. The molecule has 0 heteroatoms. The van der Waals surface area contributed by atoms with Gasteiger partial charge in [-0.15, -0.1) is 6.58 Å². The van der Waals surface area contributed by atoms with Crippen LogP contribution in [-0.4, -0.2) is 0 Å². The molecule has 0 aliphatic heterocycles. The van der Waals surface area contributed by atoms with Crippen LogP contribution >= 0.6 is 0 Å². The lowest BCUT2D eigenvalue weighted by Crippen LogP contribution is -2.22. The first-order valence-corrected chi connectivity index (χ1v) is 7.58. The van der Waals surface area contributed by atoms with Crippen molar-refractivity contribution in [2.24, 2.45) is 23.7 Å². The fraction of sp³-hybridized carbons (Fsp3) is 0.765. The molecule has 2 rings (SSSR count). The zero-order valence-electron chi connectivity index (χ0n) is 11.4. The van der Waals surface area contributed by atoms with Crippen molar-refractivity contribution in [3.63, 3.8) is 0 Å². The monoisotopic (exact) mass is 232 g/mol. The molecule has 96 valence electrons. The van der Waals surface area contributed by atoms with Crippen LogP contribution in [0.5, 0.6) is 0 Å². The van der Waals surface area contributed by atoms with Gasteiger partial charge >= 0.3 is 0 Å². The first-order chi connectivity index (χ1) is 8.29. The summed E-state index contributed by atoms with van der Waals surface area (Å²) in [6, 6.07) is 0. The maximum absolute atomic E-state index is 3.83. The second-order valence-corrected chi connectivity index (χ2v) is 6.25. The highest BCUT2D eigenvalue weighted by Crippen LogP contribution is 2.39. The Morgan fingerprint density at radius 2 is 1.82 bits per heavy atom. The molecule has 0 N–H and O–H groups in total. The summed E-state index contributed by atoms with van der Waals surface area (Å²) >= 11 is 0. The Bertz CT molecular complexity index is 255. The van der Waals surface area contributed by atoms with Crippen molar-refractivity contribution in [3.05, 3.63) is 24.8 Å². The van der Waals surface area contributed by atoms with E-state index in [2.05, 4.69) is 31.7 Å². The highest BCUT2D eigenvalue weighted by atomic mass is 14.3. The van der Waals surface area contributed by atoms with E-state index in [1.54, 1.807) is 0 Å². The number of hydrogen-bond acceptors (Lipinski definition) is 0. The molecule has 0 bridgehead atoms. The van der Waals surface area contributed by atoms with Crippen LogP contribution in [0.3, 0.4) is 0 Å². The summed E-state index contributed by atoms with van der Waals surface area (Å²) in [5, 5.41) is 0. The predicted molar refractivity (Wildman–Crippen MR) is 75.9 cm³/mol. The summed E-state index contributed by atoms with van der Waals surface area (Å²) in [5.74, 6) is 3.73. The molecule has 2 unspecified atom stereocenters.